The summed E-state index contributed by atoms with van der Waals surface area (Å²) < 4.78 is 30.5. The van der Waals surface area contributed by atoms with Gasteiger partial charge in [-0.05, 0) is 47.2 Å². The maximum atomic E-state index is 13.2. The van der Waals surface area contributed by atoms with E-state index in [2.05, 4.69) is 9.71 Å². The summed E-state index contributed by atoms with van der Waals surface area (Å²) in [4.78, 5) is 24.5. The molecule has 1 aliphatic carbocycles. The van der Waals surface area contributed by atoms with Crippen LogP contribution in [-0.4, -0.2) is 31.0 Å². The number of allylic oxidation sites excluding steroid dienone is 2. The van der Waals surface area contributed by atoms with Crippen molar-refractivity contribution in [1.82, 2.24) is 0 Å². The van der Waals surface area contributed by atoms with Gasteiger partial charge in [-0.3, -0.25) is 4.79 Å². The average molecular weight is 483 g/mol. The van der Waals surface area contributed by atoms with E-state index in [0.717, 1.165) is 10.8 Å². The van der Waals surface area contributed by atoms with Crippen LogP contribution in [0.4, 0.5) is 5.69 Å². The van der Waals surface area contributed by atoms with Gasteiger partial charge in [-0.2, -0.15) is 12.8 Å². The number of sulfonamides is 1. The zero-order chi connectivity index (χ0) is 24.6. The lowest BCUT2D eigenvalue weighted by Gasteiger charge is -2.19. The largest absolute Gasteiger partial charge is 0.478 e. The second kappa shape index (κ2) is 8.66. The van der Waals surface area contributed by atoms with Crippen molar-refractivity contribution in [3.8, 4) is 0 Å². The second-order valence-corrected chi connectivity index (χ2v) is 9.51. The molecule has 0 radical (unpaired) electrons. The highest BCUT2D eigenvalue weighted by Crippen LogP contribution is 2.26. The number of carbonyl (C=O) groups excluding carboxylic acids is 1. The summed E-state index contributed by atoms with van der Waals surface area (Å²) in [6.07, 6.45) is 1.37. The molecule has 4 aromatic carbocycles. The molecule has 0 atom stereocenters. The Balaban J connectivity index is 1.60. The molecule has 0 spiro atoms. The van der Waals surface area contributed by atoms with Gasteiger partial charge in [0.2, 0.25) is 5.78 Å². The van der Waals surface area contributed by atoms with Gasteiger partial charge in [-0.1, -0.05) is 60.7 Å². The Morgan fingerprint density at radius 3 is 2.29 bits per heavy atom. The van der Waals surface area contributed by atoms with Crippen LogP contribution in [0.2, 0.25) is 0 Å². The first-order chi connectivity index (χ1) is 16.8. The van der Waals surface area contributed by atoms with Crippen molar-refractivity contribution in [2.45, 2.75) is 4.90 Å². The Labute approximate surface area is 201 Å². The Hall–Kier alpha value is -4.56. The van der Waals surface area contributed by atoms with E-state index in [-0.39, 0.29) is 27.7 Å². The molecular weight excluding hydrogens is 464 g/mol. The van der Waals surface area contributed by atoms with E-state index in [1.165, 1.54) is 24.3 Å². The number of hydrogen-bond donors (Lipinski definition) is 2. The summed E-state index contributed by atoms with van der Waals surface area (Å²) in [5.41, 5.74) is 1.29. The number of benzene rings is 4. The van der Waals surface area contributed by atoms with Crippen molar-refractivity contribution in [2.75, 3.05) is 5.32 Å². The first-order valence-corrected chi connectivity index (χ1v) is 12.1. The summed E-state index contributed by atoms with van der Waals surface area (Å²) >= 11 is 0. The number of anilines is 1. The van der Waals surface area contributed by atoms with E-state index >= 15 is 0 Å². The van der Waals surface area contributed by atoms with Gasteiger partial charge < -0.3 is 10.4 Å². The summed E-state index contributed by atoms with van der Waals surface area (Å²) in [5.74, 6) is -1.46. The zero-order valence-electron chi connectivity index (χ0n) is 18.2. The Bertz CT molecular complexity index is 1690. The molecular formula is C27H18N2O5S. The number of rotatable bonds is 5. The summed E-state index contributed by atoms with van der Waals surface area (Å²) in [7, 11) is -4.10. The quantitative estimate of drug-likeness (QED) is 0.418. The standard InChI is InChI=1S/C27H18N2O5S/c30-26-23-11-4-3-10-22(23)24(16-25(26)28-20-9-5-8-19(14-20)27(31)32)29-35(33,34)21-13-12-17-6-1-2-7-18(17)15-21/h1-16,28H,(H,31,32). The molecule has 0 fully saturated rings. The van der Waals surface area contributed by atoms with Gasteiger partial charge in [0.15, 0.2) is 0 Å². The first-order valence-electron chi connectivity index (χ1n) is 10.6. The number of nitrogens with one attached hydrogen (secondary N) is 1. The van der Waals surface area contributed by atoms with E-state index in [0.29, 0.717) is 16.8 Å². The third-order valence-electron chi connectivity index (χ3n) is 5.60. The smallest absolute Gasteiger partial charge is 0.335 e. The molecule has 5 rings (SSSR count). The number of nitrogens with zero attached hydrogens (tertiary/aromatic N) is 1. The van der Waals surface area contributed by atoms with Gasteiger partial charge in [-0.25, -0.2) is 4.79 Å². The number of aromatic carboxylic acids is 1. The molecule has 0 aromatic heterocycles. The Kier molecular flexibility index (Phi) is 5.50. The summed E-state index contributed by atoms with van der Waals surface area (Å²) in [6.45, 7) is 0. The lowest BCUT2D eigenvalue weighted by molar-refractivity contribution is 0.0696. The van der Waals surface area contributed by atoms with E-state index in [1.54, 1.807) is 48.5 Å². The number of carbonyl (C=O) groups is 2. The molecule has 0 saturated carbocycles. The lowest BCUT2D eigenvalue weighted by Crippen LogP contribution is -2.22. The fourth-order valence-corrected chi connectivity index (χ4v) is 4.92. The molecule has 0 saturated heterocycles. The Morgan fingerprint density at radius 2 is 1.51 bits per heavy atom. The van der Waals surface area contributed by atoms with E-state index in [4.69, 9.17) is 0 Å². The van der Waals surface area contributed by atoms with E-state index in [1.807, 2.05) is 24.3 Å². The average Bonchev–Trinajstić information content (AvgIpc) is 2.86. The maximum absolute atomic E-state index is 13.2. The third-order valence-corrected chi connectivity index (χ3v) is 6.89. The van der Waals surface area contributed by atoms with Crippen LogP contribution in [0.5, 0.6) is 0 Å². The predicted molar refractivity (Wildman–Crippen MR) is 134 cm³/mol. The van der Waals surface area contributed by atoms with E-state index < -0.39 is 16.0 Å². The Morgan fingerprint density at radius 1 is 0.800 bits per heavy atom. The van der Waals surface area contributed by atoms with E-state index in [9.17, 15) is 23.1 Å². The van der Waals surface area contributed by atoms with Crippen molar-refractivity contribution < 1.29 is 23.1 Å². The topological polar surface area (TPSA) is 113 Å². The lowest BCUT2D eigenvalue weighted by atomic mass is 9.92. The number of Topliss-reactive ketones (excluding diaryl/α,β-unsaturated/α-hetero) is 1. The van der Waals surface area contributed by atoms with Crippen LogP contribution in [-0.2, 0) is 10.0 Å². The SMILES string of the molecule is O=C(O)c1cccc(NC2=CC(=NS(=O)(=O)c3ccc4ccccc4c3)c3ccccc3C2=O)c1. The molecule has 172 valence electrons. The van der Waals surface area contributed by atoms with Crippen LogP contribution in [0.3, 0.4) is 0 Å². The van der Waals surface area contributed by atoms with Crippen LogP contribution in [0.25, 0.3) is 10.8 Å². The first kappa shape index (κ1) is 22.2. The zero-order valence-corrected chi connectivity index (χ0v) is 19.0. The molecule has 35 heavy (non-hydrogen) atoms. The molecule has 0 heterocycles. The fourth-order valence-electron chi connectivity index (χ4n) is 3.89. The highest BCUT2D eigenvalue weighted by Gasteiger charge is 2.26. The molecule has 8 heteroatoms. The highest BCUT2D eigenvalue weighted by molar-refractivity contribution is 7.90. The third kappa shape index (κ3) is 4.34. The number of carboxylic acid groups (broad SMARTS) is 1. The van der Waals surface area contributed by atoms with Crippen molar-refractivity contribution >= 4 is 43.9 Å². The van der Waals surface area contributed by atoms with Gasteiger partial charge in [0, 0.05) is 16.8 Å². The van der Waals surface area contributed by atoms with Gasteiger partial charge in [0.05, 0.1) is 21.9 Å². The number of ketones is 1. The van der Waals surface area contributed by atoms with Crippen LogP contribution in [0.15, 0.2) is 112 Å². The molecule has 2 N–H and O–H groups in total. The van der Waals surface area contributed by atoms with Gasteiger partial charge >= 0.3 is 5.97 Å². The molecule has 7 nitrogen and oxygen atoms in total. The number of carboxylic acids is 1. The highest BCUT2D eigenvalue weighted by atomic mass is 32.2. The molecule has 0 unspecified atom stereocenters. The van der Waals surface area contributed by atoms with Gasteiger partial charge in [-0.15, -0.1) is 0 Å². The molecule has 0 bridgehead atoms. The molecule has 4 aromatic rings. The van der Waals surface area contributed by atoms with Crippen molar-refractivity contribution in [3.05, 3.63) is 119 Å². The predicted octanol–water partition coefficient (Wildman–Crippen LogP) is 4.91. The minimum Gasteiger partial charge on any atom is -0.478 e. The van der Waals surface area contributed by atoms with Crippen molar-refractivity contribution in [2.24, 2.45) is 4.40 Å². The van der Waals surface area contributed by atoms with Gasteiger partial charge in [0.1, 0.15) is 0 Å². The van der Waals surface area contributed by atoms with Crippen LogP contribution in [0.1, 0.15) is 26.3 Å². The van der Waals surface area contributed by atoms with Crippen molar-refractivity contribution in [3.63, 3.8) is 0 Å². The molecule has 0 amide bonds. The van der Waals surface area contributed by atoms with Crippen LogP contribution in [0, 0.1) is 0 Å². The minimum absolute atomic E-state index is 0.0372. The summed E-state index contributed by atoms with van der Waals surface area (Å²) in [5, 5.41) is 13.8. The van der Waals surface area contributed by atoms with Gasteiger partial charge in [0.25, 0.3) is 10.0 Å². The normalized spacial score (nSPS) is 14.5. The van der Waals surface area contributed by atoms with Crippen LogP contribution >= 0.6 is 0 Å². The number of hydrogen-bond acceptors (Lipinski definition) is 5. The van der Waals surface area contributed by atoms with Crippen LogP contribution < -0.4 is 5.32 Å². The second-order valence-electron chi connectivity index (χ2n) is 7.90. The van der Waals surface area contributed by atoms with Crippen molar-refractivity contribution in [1.29, 1.82) is 0 Å². The molecule has 0 aliphatic heterocycles. The summed E-state index contributed by atoms with van der Waals surface area (Å²) in [6, 6.07) is 24.8. The number of fused-ring (bicyclic) bond motifs is 2. The maximum Gasteiger partial charge on any atom is 0.335 e. The minimum atomic E-state index is -4.10. The molecule has 1 aliphatic rings. The fraction of sp³-hybridized carbons (Fsp3) is 0. The monoisotopic (exact) mass is 482 g/mol.